The van der Waals surface area contributed by atoms with Gasteiger partial charge in [-0.3, -0.25) is 10.1 Å². The molecule has 0 atom stereocenters. The number of anilines is 1. The quantitative estimate of drug-likeness (QED) is 0.424. The highest BCUT2D eigenvalue weighted by molar-refractivity contribution is 9.10. The van der Waals surface area contributed by atoms with Crippen molar-refractivity contribution in [3.63, 3.8) is 0 Å². The number of amides is 1. The van der Waals surface area contributed by atoms with Crippen molar-refractivity contribution in [3.05, 3.63) is 62.9 Å². The van der Waals surface area contributed by atoms with Crippen molar-refractivity contribution in [1.82, 2.24) is 4.98 Å². The first-order valence-corrected chi connectivity index (χ1v) is 10.1. The van der Waals surface area contributed by atoms with Crippen molar-refractivity contribution in [2.24, 2.45) is 0 Å². The number of halogens is 1. The Kier molecular flexibility index (Phi) is 4.91. The zero-order valence-electron chi connectivity index (χ0n) is 15.0. The zero-order valence-corrected chi connectivity index (χ0v) is 17.4. The Morgan fingerprint density at radius 2 is 2.04 bits per heavy atom. The van der Waals surface area contributed by atoms with Gasteiger partial charge < -0.3 is 9.15 Å². The van der Waals surface area contributed by atoms with Crippen LogP contribution in [0.5, 0.6) is 5.75 Å². The molecule has 142 valence electrons. The first kappa shape index (κ1) is 18.6. The fourth-order valence-corrected chi connectivity index (χ4v) is 4.21. The number of nitrogens with zero attached hydrogens (tertiary/aromatic N) is 1. The van der Waals surface area contributed by atoms with Crippen molar-refractivity contribution >= 4 is 59.5 Å². The molecule has 0 aliphatic heterocycles. The average Bonchev–Trinajstić information content (AvgIpc) is 3.01. The largest absolute Gasteiger partial charge is 0.491 e. The Labute approximate surface area is 172 Å². The molecule has 1 N–H and O–H groups in total. The Balaban J connectivity index is 1.70. The third kappa shape index (κ3) is 3.79. The SMILES string of the molecule is CC(C)Oc1ccc2c(C(=O)Nc3nc4ccc(Br)cc4s3)cc(=O)oc2c1. The van der Waals surface area contributed by atoms with E-state index in [1.165, 1.54) is 17.4 Å². The van der Waals surface area contributed by atoms with E-state index in [4.69, 9.17) is 9.15 Å². The van der Waals surface area contributed by atoms with E-state index >= 15 is 0 Å². The molecule has 28 heavy (non-hydrogen) atoms. The molecule has 0 bridgehead atoms. The summed E-state index contributed by atoms with van der Waals surface area (Å²) in [6.07, 6.45) is -0.0188. The Bertz CT molecular complexity index is 1260. The molecule has 0 aliphatic carbocycles. The van der Waals surface area contributed by atoms with Gasteiger partial charge in [0, 0.05) is 22.0 Å². The minimum Gasteiger partial charge on any atom is -0.491 e. The molecule has 1 amide bonds. The summed E-state index contributed by atoms with van der Waals surface area (Å²) >= 11 is 4.78. The molecule has 2 heterocycles. The maximum atomic E-state index is 12.8. The minimum atomic E-state index is -0.604. The van der Waals surface area contributed by atoms with E-state index in [1.807, 2.05) is 32.0 Å². The van der Waals surface area contributed by atoms with E-state index in [9.17, 15) is 9.59 Å². The number of benzene rings is 2. The van der Waals surface area contributed by atoms with E-state index in [-0.39, 0.29) is 11.7 Å². The molecule has 2 aromatic heterocycles. The maximum absolute atomic E-state index is 12.8. The topological polar surface area (TPSA) is 81.4 Å². The smallest absolute Gasteiger partial charge is 0.337 e. The number of fused-ring (bicyclic) bond motifs is 2. The molecule has 0 aliphatic rings. The minimum absolute atomic E-state index is 0.0188. The van der Waals surface area contributed by atoms with Gasteiger partial charge in [-0.05, 0) is 44.2 Å². The van der Waals surface area contributed by atoms with Crippen LogP contribution in [0.3, 0.4) is 0 Å². The number of carbonyl (C=O) groups excluding carboxylic acids is 1. The average molecular weight is 459 g/mol. The molecule has 2 aromatic carbocycles. The Morgan fingerprint density at radius 3 is 2.82 bits per heavy atom. The van der Waals surface area contributed by atoms with E-state index in [0.717, 1.165) is 14.7 Å². The summed E-state index contributed by atoms with van der Waals surface area (Å²) in [5.41, 5.74) is 0.704. The van der Waals surface area contributed by atoms with Gasteiger partial charge in [-0.15, -0.1) is 0 Å². The van der Waals surface area contributed by atoms with Crippen LogP contribution in [0.1, 0.15) is 24.2 Å². The first-order chi connectivity index (χ1) is 13.4. The molecule has 0 unspecified atom stereocenters. The van der Waals surface area contributed by atoms with E-state index < -0.39 is 11.5 Å². The number of nitrogens with one attached hydrogen (secondary N) is 1. The molecule has 0 radical (unpaired) electrons. The number of aromatic nitrogens is 1. The number of rotatable bonds is 4. The summed E-state index contributed by atoms with van der Waals surface area (Å²) < 4.78 is 12.8. The van der Waals surface area contributed by atoms with Crippen LogP contribution in [0.4, 0.5) is 5.13 Å². The van der Waals surface area contributed by atoms with Crippen molar-refractivity contribution in [1.29, 1.82) is 0 Å². The predicted octanol–water partition coefficient (Wildman–Crippen LogP) is 5.20. The van der Waals surface area contributed by atoms with Crippen LogP contribution in [-0.4, -0.2) is 17.0 Å². The number of carbonyl (C=O) groups is 1. The summed E-state index contributed by atoms with van der Waals surface area (Å²) in [4.78, 5) is 29.2. The van der Waals surface area contributed by atoms with Gasteiger partial charge in [0.15, 0.2) is 5.13 Å². The lowest BCUT2D eigenvalue weighted by molar-refractivity contribution is 0.102. The third-order valence-electron chi connectivity index (χ3n) is 3.90. The monoisotopic (exact) mass is 458 g/mol. The van der Waals surface area contributed by atoms with Crippen LogP contribution in [0.15, 0.2) is 56.1 Å². The van der Waals surface area contributed by atoms with Crippen molar-refractivity contribution in [2.75, 3.05) is 5.32 Å². The summed E-state index contributed by atoms with van der Waals surface area (Å²) in [6, 6.07) is 11.9. The lowest BCUT2D eigenvalue weighted by Gasteiger charge is -2.11. The summed E-state index contributed by atoms with van der Waals surface area (Å²) in [5.74, 6) is 0.147. The van der Waals surface area contributed by atoms with Crippen molar-refractivity contribution in [3.8, 4) is 5.75 Å². The van der Waals surface area contributed by atoms with Crippen LogP contribution >= 0.6 is 27.3 Å². The molecule has 4 rings (SSSR count). The van der Waals surface area contributed by atoms with Crippen LogP contribution < -0.4 is 15.7 Å². The number of ether oxygens (including phenoxy) is 1. The summed E-state index contributed by atoms with van der Waals surface area (Å²) in [7, 11) is 0. The molecular weight excluding hydrogens is 444 g/mol. The zero-order chi connectivity index (χ0) is 19.8. The second-order valence-electron chi connectivity index (χ2n) is 6.39. The van der Waals surface area contributed by atoms with Crippen LogP contribution in [0.25, 0.3) is 21.2 Å². The second-order valence-corrected chi connectivity index (χ2v) is 8.34. The van der Waals surface area contributed by atoms with Gasteiger partial charge in [0.1, 0.15) is 11.3 Å². The van der Waals surface area contributed by atoms with Crippen molar-refractivity contribution in [2.45, 2.75) is 20.0 Å². The molecule has 4 aromatic rings. The Morgan fingerprint density at radius 1 is 1.21 bits per heavy atom. The van der Waals surface area contributed by atoms with Gasteiger partial charge in [-0.25, -0.2) is 9.78 Å². The number of thiazole rings is 1. The maximum Gasteiger partial charge on any atom is 0.337 e. The molecule has 0 fully saturated rings. The lowest BCUT2D eigenvalue weighted by atomic mass is 10.1. The first-order valence-electron chi connectivity index (χ1n) is 8.51. The molecule has 0 spiro atoms. The van der Waals surface area contributed by atoms with Crippen LogP contribution in [0, 0.1) is 0 Å². The lowest BCUT2D eigenvalue weighted by Crippen LogP contribution is -2.15. The summed E-state index contributed by atoms with van der Waals surface area (Å²) in [5, 5.41) is 3.76. The highest BCUT2D eigenvalue weighted by atomic mass is 79.9. The standard InChI is InChI=1S/C20H15BrN2O4S/c1-10(2)26-12-4-5-13-14(9-18(24)27-16(13)8-12)19(25)23-20-22-15-6-3-11(21)7-17(15)28-20/h3-10H,1-2H3,(H,22,23,25). The van der Waals surface area contributed by atoms with Gasteiger partial charge in [0.05, 0.1) is 21.9 Å². The highest BCUT2D eigenvalue weighted by Gasteiger charge is 2.16. The Hall–Kier alpha value is -2.71. The molecule has 6 nitrogen and oxygen atoms in total. The fourth-order valence-electron chi connectivity index (χ4n) is 2.79. The van der Waals surface area contributed by atoms with Crippen molar-refractivity contribution < 1.29 is 13.9 Å². The van der Waals surface area contributed by atoms with Crippen LogP contribution in [0.2, 0.25) is 0 Å². The predicted molar refractivity (Wildman–Crippen MR) is 114 cm³/mol. The van der Waals surface area contributed by atoms with Crippen LogP contribution in [-0.2, 0) is 0 Å². The van der Waals surface area contributed by atoms with Gasteiger partial charge in [-0.2, -0.15) is 0 Å². The summed E-state index contributed by atoms with van der Waals surface area (Å²) in [6.45, 7) is 3.81. The van der Waals surface area contributed by atoms with Gasteiger partial charge >= 0.3 is 5.63 Å². The second kappa shape index (κ2) is 7.37. The number of hydrogen-bond donors (Lipinski definition) is 1. The third-order valence-corrected chi connectivity index (χ3v) is 5.33. The normalized spacial score (nSPS) is 11.3. The molecule has 0 saturated heterocycles. The number of hydrogen-bond acceptors (Lipinski definition) is 6. The van der Waals surface area contributed by atoms with E-state index in [1.54, 1.807) is 18.2 Å². The van der Waals surface area contributed by atoms with Gasteiger partial charge in [0.2, 0.25) is 0 Å². The van der Waals surface area contributed by atoms with Gasteiger partial charge in [0.25, 0.3) is 5.91 Å². The molecular formula is C20H15BrN2O4S. The fraction of sp³-hybridized carbons (Fsp3) is 0.150. The van der Waals surface area contributed by atoms with E-state index in [2.05, 4.69) is 26.2 Å². The highest BCUT2D eigenvalue weighted by Crippen LogP contribution is 2.29. The molecule has 0 saturated carbocycles. The molecule has 8 heteroatoms. The van der Waals surface area contributed by atoms with Gasteiger partial charge in [-0.1, -0.05) is 27.3 Å². The van der Waals surface area contributed by atoms with E-state index in [0.29, 0.717) is 21.9 Å².